The zero-order valence-electron chi connectivity index (χ0n) is 63.1. The van der Waals surface area contributed by atoms with Crippen LogP contribution in [0.15, 0.2) is 12.2 Å². The molecule has 0 fully saturated rings. The van der Waals surface area contributed by atoms with Crippen LogP contribution in [0.1, 0.15) is 502 Å². The van der Waals surface area contributed by atoms with Gasteiger partial charge in [0.1, 0.15) is 0 Å². The van der Waals surface area contributed by atoms with E-state index in [2.05, 4.69) is 19.2 Å². The summed E-state index contributed by atoms with van der Waals surface area (Å²) in [5.74, 6) is -0.0274. The van der Waals surface area contributed by atoms with Gasteiger partial charge in [-0.25, -0.2) is 0 Å². The lowest BCUT2D eigenvalue weighted by Crippen LogP contribution is -2.45. The topological polar surface area (TPSA) is 95.9 Å². The second kappa shape index (κ2) is 82.0. The van der Waals surface area contributed by atoms with E-state index in [1.807, 2.05) is 6.08 Å². The number of carbonyl (C=O) groups is 2. The molecule has 548 valence electrons. The highest BCUT2D eigenvalue weighted by atomic mass is 16.5. The number of allylic oxidation sites excluding steroid dienone is 1. The summed E-state index contributed by atoms with van der Waals surface area (Å²) in [7, 11) is 0. The average molecular weight is 1300 g/mol. The predicted octanol–water partition coefficient (Wildman–Crippen LogP) is 28.6. The van der Waals surface area contributed by atoms with Crippen molar-refractivity contribution in [1.82, 2.24) is 5.32 Å². The molecule has 0 radical (unpaired) electrons. The third-order valence-corrected chi connectivity index (χ3v) is 20.6. The maximum absolute atomic E-state index is 12.5. The number of unbranched alkanes of at least 4 members (excludes halogenated alkanes) is 71. The summed E-state index contributed by atoms with van der Waals surface area (Å²) in [5, 5.41) is 23.3. The maximum Gasteiger partial charge on any atom is 0.305 e. The molecular formula is C86H169NO5. The summed E-state index contributed by atoms with van der Waals surface area (Å²) >= 11 is 0. The number of rotatable bonds is 82. The van der Waals surface area contributed by atoms with Gasteiger partial charge < -0.3 is 20.3 Å². The van der Waals surface area contributed by atoms with Crippen LogP contribution in [0, 0.1) is 0 Å². The zero-order valence-corrected chi connectivity index (χ0v) is 63.1. The van der Waals surface area contributed by atoms with E-state index < -0.39 is 12.1 Å². The first-order chi connectivity index (χ1) is 45.5. The Bertz CT molecular complexity index is 1400. The number of aliphatic hydroxyl groups excluding tert-OH is 2. The number of ether oxygens (including phenoxy) is 1. The lowest BCUT2D eigenvalue weighted by atomic mass is 10.0. The van der Waals surface area contributed by atoms with Crippen LogP contribution in [0.3, 0.4) is 0 Å². The van der Waals surface area contributed by atoms with E-state index in [9.17, 15) is 19.8 Å². The van der Waals surface area contributed by atoms with Gasteiger partial charge in [0, 0.05) is 12.8 Å². The van der Waals surface area contributed by atoms with Crippen molar-refractivity contribution in [3.63, 3.8) is 0 Å². The molecule has 0 aliphatic rings. The van der Waals surface area contributed by atoms with Crippen molar-refractivity contribution in [2.75, 3.05) is 13.2 Å². The molecule has 0 aliphatic carbocycles. The fraction of sp³-hybridized carbons (Fsp3) is 0.953. The van der Waals surface area contributed by atoms with E-state index in [0.717, 1.165) is 38.5 Å². The highest BCUT2D eigenvalue weighted by Crippen LogP contribution is 2.21. The number of amides is 1. The van der Waals surface area contributed by atoms with E-state index in [4.69, 9.17) is 4.74 Å². The van der Waals surface area contributed by atoms with Gasteiger partial charge >= 0.3 is 5.97 Å². The number of esters is 1. The molecule has 1 amide bonds. The van der Waals surface area contributed by atoms with Crippen LogP contribution in [0.5, 0.6) is 0 Å². The van der Waals surface area contributed by atoms with Crippen molar-refractivity contribution >= 4 is 11.9 Å². The molecule has 0 saturated heterocycles. The summed E-state index contributed by atoms with van der Waals surface area (Å²) in [4.78, 5) is 24.7. The number of hydrogen-bond donors (Lipinski definition) is 3. The fourth-order valence-electron chi connectivity index (χ4n) is 14.1. The Balaban J connectivity index is 3.29. The number of hydrogen-bond acceptors (Lipinski definition) is 5. The Morgan fingerprint density at radius 2 is 0.500 bits per heavy atom. The molecule has 2 atom stereocenters. The Morgan fingerprint density at radius 3 is 0.739 bits per heavy atom. The van der Waals surface area contributed by atoms with Crippen molar-refractivity contribution < 1.29 is 24.5 Å². The molecule has 0 aromatic carbocycles. The van der Waals surface area contributed by atoms with Crippen LogP contribution < -0.4 is 5.32 Å². The smallest absolute Gasteiger partial charge is 0.305 e. The SMILES string of the molecule is CCCCCCCCCCCCCCCCCC/C=C/C(O)C(CO)NC(=O)CCCCCCCCCCCCCCCCCCCCCCCCCCCCCCCCCCCCCCCCCOC(=O)CCCCCCCCCCCCCCCCCCCC. The Labute approximate surface area is 578 Å². The van der Waals surface area contributed by atoms with E-state index in [1.165, 1.54) is 437 Å². The van der Waals surface area contributed by atoms with Gasteiger partial charge in [0.2, 0.25) is 5.91 Å². The third-order valence-electron chi connectivity index (χ3n) is 20.6. The van der Waals surface area contributed by atoms with E-state index >= 15 is 0 Å². The molecule has 0 aliphatic heterocycles. The quantitative estimate of drug-likeness (QED) is 0.0320. The Morgan fingerprint density at radius 1 is 0.293 bits per heavy atom. The first-order valence-electron chi connectivity index (χ1n) is 43.0. The van der Waals surface area contributed by atoms with E-state index in [0.29, 0.717) is 19.4 Å². The summed E-state index contributed by atoms with van der Waals surface area (Å²) < 4.78 is 5.53. The molecular weight excluding hydrogens is 1130 g/mol. The Kier molecular flexibility index (Phi) is 80.8. The van der Waals surface area contributed by atoms with E-state index in [-0.39, 0.29) is 18.5 Å². The summed E-state index contributed by atoms with van der Waals surface area (Å²) in [5.41, 5.74) is 0. The predicted molar refractivity (Wildman–Crippen MR) is 407 cm³/mol. The van der Waals surface area contributed by atoms with Gasteiger partial charge in [-0.2, -0.15) is 0 Å². The number of aliphatic hydroxyl groups is 2. The summed E-state index contributed by atoms with van der Waals surface area (Å²) in [6.45, 7) is 4.97. The minimum Gasteiger partial charge on any atom is -0.466 e. The fourth-order valence-corrected chi connectivity index (χ4v) is 14.1. The molecule has 92 heavy (non-hydrogen) atoms. The van der Waals surface area contributed by atoms with Crippen LogP contribution in [-0.2, 0) is 14.3 Å². The van der Waals surface area contributed by atoms with Gasteiger partial charge in [-0.05, 0) is 32.1 Å². The van der Waals surface area contributed by atoms with Gasteiger partial charge in [0.05, 0.1) is 25.4 Å². The van der Waals surface area contributed by atoms with Gasteiger partial charge in [-0.15, -0.1) is 0 Å². The van der Waals surface area contributed by atoms with Crippen molar-refractivity contribution in [3.05, 3.63) is 12.2 Å². The lowest BCUT2D eigenvalue weighted by Gasteiger charge is -2.20. The minimum absolute atomic E-state index is 0.0297. The molecule has 0 saturated carbocycles. The summed E-state index contributed by atoms with van der Waals surface area (Å²) in [6, 6.07) is -0.623. The molecule has 0 aromatic heterocycles. The lowest BCUT2D eigenvalue weighted by molar-refractivity contribution is -0.143. The van der Waals surface area contributed by atoms with Crippen LogP contribution in [0.25, 0.3) is 0 Å². The molecule has 6 heteroatoms. The molecule has 0 spiro atoms. The van der Waals surface area contributed by atoms with Gasteiger partial charge in [0.15, 0.2) is 0 Å². The first-order valence-corrected chi connectivity index (χ1v) is 43.0. The van der Waals surface area contributed by atoms with Crippen molar-refractivity contribution in [2.45, 2.75) is 514 Å². The molecule has 6 nitrogen and oxygen atoms in total. The second-order valence-corrected chi connectivity index (χ2v) is 29.9. The molecule has 0 aromatic rings. The van der Waals surface area contributed by atoms with Crippen molar-refractivity contribution in [1.29, 1.82) is 0 Å². The molecule has 0 rings (SSSR count). The minimum atomic E-state index is -0.840. The normalized spacial score (nSPS) is 12.4. The molecule has 2 unspecified atom stereocenters. The largest absolute Gasteiger partial charge is 0.466 e. The van der Waals surface area contributed by atoms with Crippen LogP contribution in [0.4, 0.5) is 0 Å². The van der Waals surface area contributed by atoms with Crippen LogP contribution >= 0.6 is 0 Å². The molecule has 0 heterocycles. The van der Waals surface area contributed by atoms with E-state index in [1.54, 1.807) is 6.08 Å². The monoisotopic (exact) mass is 1300 g/mol. The second-order valence-electron chi connectivity index (χ2n) is 29.9. The third kappa shape index (κ3) is 77.6. The molecule has 0 bridgehead atoms. The highest BCUT2D eigenvalue weighted by Gasteiger charge is 2.18. The standard InChI is InChI=1S/C86H169NO5/c1-3-5-7-9-11-13-15-17-19-21-46-50-54-58-62-66-70-74-78-84(89)83(82-88)87-85(90)79-75-71-67-63-59-55-51-47-44-42-40-38-36-34-32-30-28-26-24-23-25-27-29-31-33-35-37-39-41-43-45-49-53-57-61-65-69-73-77-81-92-86(91)80-76-72-68-64-60-56-52-48-22-20-18-16-14-12-10-8-6-4-2/h74,78,83-84,88-89H,3-73,75-77,79-82H2,1-2H3,(H,87,90)/b78-74+. The first kappa shape index (κ1) is 90.6. The number of nitrogens with one attached hydrogen (secondary N) is 1. The zero-order chi connectivity index (χ0) is 66.3. The molecule has 3 N–H and O–H groups in total. The van der Waals surface area contributed by atoms with Gasteiger partial charge in [-0.3, -0.25) is 9.59 Å². The van der Waals surface area contributed by atoms with Crippen LogP contribution in [-0.4, -0.2) is 47.4 Å². The highest BCUT2D eigenvalue weighted by molar-refractivity contribution is 5.76. The number of carbonyl (C=O) groups excluding carboxylic acids is 2. The average Bonchev–Trinajstić information content (AvgIpc) is 3.77. The summed E-state index contributed by atoms with van der Waals surface area (Å²) in [6.07, 6.45) is 105. The Hall–Kier alpha value is -1.40. The van der Waals surface area contributed by atoms with Crippen molar-refractivity contribution in [3.8, 4) is 0 Å². The maximum atomic E-state index is 12.5. The van der Waals surface area contributed by atoms with Crippen LogP contribution in [0.2, 0.25) is 0 Å². The van der Waals surface area contributed by atoms with Crippen molar-refractivity contribution in [2.24, 2.45) is 0 Å². The van der Waals surface area contributed by atoms with Gasteiger partial charge in [0.25, 0.3) is 0 Å². The van der Waals surface area contributed by atoms with Gasteiger partial charge in [-0.1, -0.05) is 469 Å².